The standard InChI is InChI=1S/C9H3Cl4NO/c10-5-3-1-2-4(15)14-9(3)8(13)7(12)6(5)11/h1-2H,(H,14,15). The summed E-state index contributed by atoms with van der Waals surface area (Å²) in [5, 5.41) is 1.35. The zero-order valence-corrected chi connectivity index (χ0v) is 10.1. The zero-order chi connectivity index (χ0) is 11.2. The van der Waals surface area contributed by atoms with E-state index in [0.29, 0.717) is 10.9 Å². The Hall–Kier alpha value is -0.410. The first-order valence-electron chi connectivity index (χ1n) is 3.87. The van der Waals surface area contributed by atoms with E-state index < -0.39 is 0 Å². The van der Waals surface area contributed by atoms with Crippen LogP contribution < -0.4 is 5.56 Å². The van der Waals surface area contributed by atoms with Gasteiger partial charge in [0.05, 0.1) is 25.6 Å². The lowest BCUT2D eigenvalue weighted by Gasteiger charge is -2.07. The molecule has 1 aromatic carbocycles. The molecule has 2 nitrogen and oxygen atoms in total. The number of aromatic nitrogens is 1. The van der Waals surface area contributed by atoms with Crippen LogP contribution in [0, 0.1) is 0 Å². The van der Waals surface area contributed by atoms with Crippen molar-refractivity contribution in [2.75, 3.05) is 0 Å². The van der Waals surface area contributed by atoms with Gasteiger partial charge in [0.25, 0.3) is 0 Å². The van der Waals surface area contributed by atoms with E-state index in [-0.39, 0.29) is 25.6 Å². The second-order valence-electron chi connectivity index (χ2n) is 2.87. The summed E-state index contributed by atoms with van der Waals surface area (Å²) in [4.78, 5) is 13.7. The van der Waals surface area contributed by atoms with Crippen molar-refractivity contribution in [2.45, 2.75) is 0 Å². The van der Waals surface area contributed by atoms with Crippen molar-refractivity contribution in [1.82, 2.24) is 4.98 Å². The minimum Gasteiger partial charge on any atom is -0.321 e. The number of hydrogen-bond acceptors (Lipinski definition) is 1. The first-order valence-corrected chi connectivity index (χ1v) is 5.38. The molecule has 0 saturated carbocycles. The van der Waals surface area contributed by atoms with Crippen molar-refractivity contribution in [3.8, 4) is 0 Å². The maximum Gasteiger partial charge on any atom is 0.248 e. The van der Waals surface area contributed by atoms with Crippen LogP contribution in [0.3, 0.4) is 0 Å². The lowest BCUT2D eigenvalue weighted by atomic mass is 10.2. The van der Waals surface area contributed by atoms with Gasteiger partial charge in [0.2, 0.25) is 5.56 Å². The number of aromatic amines is 1. The summed E-state index contributed by atoms with van der Waals surface area (Å²) in [6.45, 7) is 0. The lowest BCUT2D eigenvalue weighted by molar-refractivity contribution is 1.31. The molecule has 0 aliphatic heterocycles. The highest BCUT2D eigenvalue weighted by atomic mass is 35.5. The molecule has 0 amide bonds. The number of hydrogen-bond donors (Lipinski definition) is 1. The number of H-pyrrole nitrogens is 1. The highest BCUT2D eigenvalue weighted by Crippen LogP contribution is 2.41. The fourth-order valence-electron chi connectivity index (χ4n) is 1.25. The number of halogens is 4. The molecule has 78 valence electrons. The van der Waals surface area contributed by atoms with Crippen molar-refractivity contribution in [3.63, 3.8) is 0 Å². The molecule has 15 heavy (non-hydrogen) atoms. The van der Waals surface area contributed by atoms with Gasteiger partial charge in [-0.05, 0) is 6.07 Å². The van der Waals surface area contributed by atoms with E-state index in [4.69, 9.17) is 46.4 Å². The first kappa shape index (κ1) is 11.1. The third kappa shape index (κ3) is 1.72. The van der Waals surface area contributed by atoms with Crippen LogP contribution in [0.4, 0.5) is 0 Å². The van der Waals surface area contributed by atoms with Gasteiger partial charge in [-0.25, -0.2) is 0 Å². The molecule has 0 radical (unpaired) electrons. The van der Waals surface area contributed by atoms with Gasteiger partial charge in [-0.2, -0.15) is 0 Å². The summed E-state index contributed by atoms with van der Waals surface area (Å²) in [5.41, 5.74) is 0.113. The quantitative estimate of drug-likeness (QED) is 0.572. The van der Waals surface area contributed by atoms with Crippen molar-refractivity contribution in [2.24, 2.45) is 0 Å². The van der Waals surface area contributed by atoms with E-state index in [1.54, 1.807) is 6.07 Å². The molecule has 2 aromatic rings. The SMILES string of the molecule is O=c1ccc2c(Cl)c(Cl)c(Cl)c(Cl)c2[nH]1. The van der Waals surface area contributed by atoms with E-state index in [9.17, 15) is 4.79 Å². The van der Waals surface area contributed by atoms with Crippen molar-refractivity contribution < 1.29 is 0 Å². The fourth-order valence-corrected chi connectivity index (χ4v) is 2.23. The van der Waals surface area contributed by atoms with Crippen LogP contribution in [-0.4, -0.2) is 4.98 Å². The van der Waals surface area contributed by atoms with Gasteiger partial charge in [0.1, 0.15) is 0 Å². The zero-order valence-electron chi connectivity index (χ0n) is 7.07. The van der Waals surface area contributed by atoms with Crippen LogP contribution >= 0.6 is 46.4 Å². The first-order chi connectivity index (χ1) is 7.02. The summed E-state index contributed by atoms with van der Waals surface area (Å²) in [7, 11) is 0. The second kappa shape index (κ2) is 3.87. The number of pyridine rings is 1. The molecule has 0 unspecified atom stereocenters. The minimum absolute atomic E-state index is 0.137. The molecule has 1 N–H and O–H groups in total. The van der Waals surface area contributed by atoms with Crippen molar-refractivity contribution >= 4 is 57.3 Å². The topological polar surface area (TPSA) is 32.9 Å². The predicted octanol–water partition coefficient (Wildman–Crippen LogP) is 4.14. The lowest BCUT2D eigenvalue weighted by Crippen LogP contribution is -2.03. The molecule has 1 aromatic heterocycles. The normalized spacial score (nSPS) is 10.9. The van der Waals surface area contributed by atoms with Gasteiger partial charge in [-0.1, -0.05) is 46.4 Å². The number of rotatable bonds is 0. The third-order valence-corrected chi connectivity index (χ3v) is 3.77. The molecule has 0 aliphatic carbocycles. The van der Waals surface area contributed by atoms with Crippen molar-refractivity contribution in [1.29, 1.82) is 0 Å². The molecule has 1 heterocycles. The number of fused-ring (bicyclic) bond motifs is 1. The summed E-state index contributed by atoms with van der Waals surface area (Å²) in [5.74, 6) is 0. The van der Waals surface area contributed by atoms with Crippen molar-refractivity contribution in [3.05, 3.63) is 42.6 Å². The van der Waals surface area contributed by atoms with E-state index in [0.717, 1.165) is 0 Å². The van der Waals surface area contributed by atoms with Gasteiger partial charge in [0.15, 0.2) is 0 Å². The van der Waals surface area contributed by atoms with Gasteiger partial charge in [-0.3, -0.25) is 4.79 Å². The van der Waals surface area contributed by atoms with Gasteiger partial charge >= 0.3 is 0 Å². The Morgan fingerprint density at radius 1 is 0.867 bits per heavy atom. The maximum atomic E-state index is 11.1. The molecule has 2 rings (SSSR count). The Balaban J connectivity index is 3.07. The van der Waals surface area contributed by atoms with Crippen LogP contribution in [-0.2, 0) is 0 Å². The minimum atomic E-state index is -0.279. The number of nitrogens with one attached hydrogen (secondary N) is 1. The molecule has 0 spiro atoms. The van der Waals surface area contributed by atoms with Crippen LogP contribution in [0.25, 0.3) is 10.9 Å². The Kier molecular flexibility index (Phi) is 2.86. The highest BCUT2D eigenvalue weighted by molar-refractivity contribution is 6.55. The maximum absolute atomic E-state index is 11.1. The molecule has 0 saturated heterocycles. The molecular formula is C9H3Cl4NO. The second-order valence-corrected chi connectivity index (χ2v) is 4.38. The molecule has 0 atom stereocenters. The predicted molar refractivity (Wildman–Crippen MR) is 64.6 cm³/mol. The van der Waals surface area contributed by atoms with Crippen LogP contribution in [0.2, 0.25) is 20.1 Å². The highest BCUT2D eigenvalue weighted by Gasteiger charge is 2.14. The smallest absolute Gasteiger partial charge is 0.248 e. The monoisotopic (exact) mass is 281 g/mol. The van der Waals surface area contributed by atoms with Gasteiger partial charge in [-0.15, -0.1) is 0 Å². The van der Waals surface area contributed by atoms with Gasteiger partial charge in [0, 0.05) is 11.5 Å². The van der Waals surface area contributed by atoms with E-state index >= 15 is 0 Å². The van der Waals surface area contributed by atoms with E-state index in [1.807, 2.05) is 0 Å². The van der Waals surface area contributed by atoms with Gasteiger partial charge < -0.3 is 4.98 Å². The Morgan fingerprint density at radius 2 is 1.47 bits per heavy atom. The summed E-state index contributed by atoms with van der Waals surface area (Å²) in [6, 6.07) is 2.89. The molecular weight excluding hydrogens is 280 g/mol. The summed E-state index contributed by atoms with van der Waals surface area (Å²) < 4.78 is 0. The molecule has 0 aliphatic rings. The molecule has 0 fully saturated rings. The number of benzene rings is 1. The summed E-state index contributed by atoms with van der Waals surface area (Å²) >= 11 is 23.6. The van der Waals surface area contributed by atoms with E-state index in [1.165, 1.54) is 6.07 Å². The van der Waals surface area contributed by atoms with Crippen LogP contribution in [0.1, 0.15) is 0 Å². The molecule has 6 heteroatoms. The third-order valence-electron chi connectivity index (χ3n) is 1.95. The molecule has 0 bridgehead atoms. The Bertz CT molecular complexity index is 605. The largest absolute Gasteiger partial charge is 0.321 e. The summed E-state index contributed by atoms with van der Waals surface area (Å²) in [6.07, 6.45) is 0. The average molecular weight is 283 g/mol. The van der Waals surface area contributed by atoms with Crippen LogP contribution in [0.5, 0.6) is 0 Å². The van der Waals surface area contributed by atoms with E-state index in [2.05, 4.69) is 4.98 Å². The van der Waals surface area contributed by atoms with Crippen LogP contribution in [0.15, 0.2) is 16.9 Å². The Labute approximate surface area is 105 Å². The fraction of sp³-hybridized carbons (Fsp3) is 0. The Morgan fingerprint density at radius 3 is 2.13 bits per heavy atom. The average Bonchev–Trinajstić information content (AvgIpc) is 2.23.